The maximum absolute atomic E-state index is 6.24. The highest BCUT2D eigenvalue weighted by Gasteiger charge is 2.26. The van der Waals surface area contributed by atoms with E-state index in [1.807, 2.05) is 32.1 Å². The van der Waals surface area contributed by atoms with Crippen LogP contribution in [0.15, 0.2) is 51.3 Å². The summed E-state index contributed by atoms with van der Waals surface area (Å²) in [5.74, 6) is 0. The summed E-state index contributed by atoms with van der Waals surface area (Å²) in [5.41, 5.74) is 1.87. The largest absolute Gasteiger partial charge is 0.380 e. The first-order valence-corrected chi connectivity index (χ1v) is 9.32. The minimum absolute atomic E-state index is 0.211. The van der Waals surface area contributed by atoms with Crippen molar-refractivity contribution in [2.24, 2.45) is 4.99 Å². The van der Waals surface area contributed by atoms with Crippen molar-refractivity contribution in [3.8, 4) is 0 Å². The van der Waals surface area contributed by atoms with Crippen molar-refractivity contribution < 1.29 is 4.74 Å². The Labute approximate surface area is 158 Å². The second-order valence-corrected chi connectivity index (χ2v) is 7.46. The lowest BCUT2D eigenvalue weighted by Gasteiger charge is -2.13. The Kier molecular flexibility index (Phi) is 7.38. The first-order valence-electron chi connectivity index (χ1n) is 7.75. The van der Waals surface area contributed by atoms with Crippen LogP contribution in [-0.4, -0.2) is 31.5 Å². The van der Waals surface area contributed by atoms with E-state index in [9.17, 15) is 0 Å². The molecule has 1 aliphatic rings. The average Bonchev–Trinajstić information content (AvgIpc) is 3.05. The third-order valence-electron chi connectivity index (χ3n) is 3.93. The van der Waals surface area contributed by atoms with Crippen LogP contribution in [0.2, 0.25) is 10.0 Å². The van der Waals surface area contributed by atoms with Crippen LogP contribution in [0.1, 0.15) is 20.3 Å². The van der Waals surface area contributed by atoms with Crippen molar-refractivity contribution in [3.05, 3.63) is 51.5 Å². The molecule has 0 radical (unpaired) electrons. The maximum Gasteiger partial charge on any atom is 0.0731 e. The lowest BCUT2D eigenvalue weighted by Crippen LogP contribution is -2.23. The smallest absolute Gasteiger partial charge is 0.0731 e. The van der Waals surface area contributed by atoms with Crippen LogP contribution in [0.5, 0.6) is 0 Å². The number of hydrogen-bond acceptors (Lipinski definition) is 4. The number of rotatable bonds is 6. The molecule has 3 nitrogen and oxygen atoms in total. The van der Waals surface area contributed by atoms with Crippen LogP contribution in [0, 0.1) is 0 Å². The zero-order valence-electron chi connectivity index (χ0n) is 14.1. The topological polar surface area (TPSA) is 33.6 Å². The van der Waals surface area contributed by atoms with Crippen LogP contribution >= 0.6 is 35.0 Å². The van der Waals surface area contributed by atoms with Crippen LogP contribution < -0.4 is 5.32 Å². The molecule has 6 heteroatoms. The molecular formula is C18H22Cl2N2OS. The average molecular weight is 385 g/mol. The van der Waals surface area contributed by atoms with E-state index in [1.165, 1.54) is 11.8 Å². The van der Waals surface area contributed by atoms with Crippen molar-refractivity contribution >= 4 is 40.7 Å². The second kappa shape index (κ2) is 9.07. The normalized spacial score (nSPS) is 22.0. The third-order valence-corrected chi connectivity index (χ3v) is 5.96. The summed E-state index contributed by atoms with van der Waals surface area (Å²) in [7, 11) is 1.74. The predicted octanol–water partition coefficient (Wildman–Crippen LogP) is 5.34. The van der Waals surface area contributed by atoms with E-state index >= 15 is 0 Å². The first-order chi connectivity index (χ1) is 11.5. The lowest BCUT2D eigenvalue weighted by molar-refractivity contribution is 0.118. The van der Waals surface area contributed by atoms with Crippen LogP contribution in [0.3, 0.4) is 0 Å². The fourth-order valence-electron chi connectivity index (χ4n) is 2.48. The molecule has 1 N–H and O–H groups in total. The number of thioether (sulfide) groups is 1. The van der Waals surface area contributed by atoms with Gasteiger partial charge in [-0.15, -0.1) is 0 Å². The van der Waals surface area contributed by atoms with Crippen LogP contribution in [0.25, 0.3) is 0 Å². The zero-order chi connectivity index (χ0) is 17.7. The van der Waals surface area contributed by atoms with Gasteiger partial charge in [0.05, 0.1) is 33.6 Å². The molecule has 1 aromatic rings. The van der Waals surface area contributed by atoms with E-state index in [-0.39, 0.29) is 12.1 Å². The summed E-state index contributed by atoms with van der Waals surface area (Å²) in [5, 5.41) is 4.53. The van der Waals surface area contributed by atoms with Gasteiger partial charge in [0.1, 0.15) is 0 Å². The van der Waals surface area contributed by atoms with Gasteiger partial charge >= 0.3 is 0 Å². The van der Waals surface area contributed by atoms with Crippen molar-refractivity contribution in [2.45, 2.75) is 37.3 Å². The molecule has 24 heavy (non-hydrogen) atoms. The van der Waals surface area contributed by atoms with Gasteiger partial charge in [0.25, 0.3) is 0 Å². The molecule has 0 aromatic heterocycles. The minimum atomic E-state index is 0.211. The fraction of sp³-hybridized carbons (Fsp3) is 0.389. The molecule has 1 saturated heterocycles. The number of nitrogens with zero attached hydrogens (tertiary/aromatic N) is 1. The van der Waals surface area contributed by atoms with Gasteiger partial charge in [-0.1, -0.05) is 53.7 Å². The Morgan fingerprint density at radius 2 is 2.21 bits per heavy atom. The standard InChI is InChI=1S/C18H22Cl2N2OS/c1-5-15(16-9-13(23-4)10-21-16)22-11(2)12(3)24-17-8-6-7-14(19)18(17)20/h5-8,13,16,21H,3,9-10H2,1-2,4H3/b15-5-,22-11?. The van der Waals surface area contributed by atoms with Gasteiger partial charge in [0.2, 0.25) is 0 Å². The summed E-state index contributed by atoms with van der Waals surface area (Å²) in [6.45, 7) is 8.93. The van der Waals surface area contributed by atoms with Crippen LogP contribution in [-0.2, 0) is 4.74 Å². The predicted molar refractivity (Wildman–Crippen MR) is 106 cm³/mol. The Bertz CT molecular complexity index is 673. The van der Waals surface area contributed by atoms with Gasteiger partial charge in [0, 0.05) is 23.5 Å². The molecule has 0 spiro atoms. The van der Waals surface area contributed by atoms with Crippen molar-refractivity contribution in [3.63, 3.8) is 0 Å². The third kappa shape index (κ3) is 4.87. The molecule has 130 valence electrons. The van der Waals surface area contributed by atoms with E-state index in [2.05, 4.69) is 11.9 Å². The molecule has 1 aromatic carbocycles. The molecule has 0 saturated carbocycles. The summed E-state index contributed by atoms with van der Waals surface area (Å²) in [6, 6.07) is 5.78. The summed E-state index contributed by atoms with van der Waals surface area (Å²) < 4.78 is 5.40. The van der Waals surface area contributed by atoms with E-state index in [4.69, 9.17) is 32.9 Å². The highest BCUT2D eigenvalue weighted by atomic mass is 35.5. The molecule has 2 unspecified atom stereocenters. The van der Waals surface area contributed by atoms with Crippen molar-refractivity contribution in [2.75, 3.05) is 13.7 Å². The molecule has 1 heterocycles. The van der Waals surface area contributed by atoms with Gasteiger partial charge in [-0.05, 0) is 32.4 Å². The number of nitrogens with one attached hydrogen (secondary N) is 1. The Balaban J connectivity index is 2.08. The van der Waals surface area contributed by atoms with Crippen LogP contribution in [0.4, 0.5) is 0 Å². The molecule has 2 atom stereocenters. The zero-order valence-corrected chi connectivity index (χ0v) is 16.4. The number of benzene rings is 1. The van der Waals surface area contributed by atoms with E-state index in [0.717, 1.165) is 34.2 Å². The summed E-state index contributed by atoms with van der Waals surface area (Å²) >= 11 is 13.8. The second-order valence-electron chi connectivity index (χ2n) is 5.54. The molecule has 0 bridgehead atoms. The highest BCUT2D eigenvalue weighted by Crippen LogP contribution is 2.36. The van der Waals surface area contributed by atoms with Gasteiger partial charge in [0.15, 0.2) is 0 Å². The van der Waals surface area contributed by atoms with Crippen molar-refractivity contribution in [1.82, 2.24) is 5.32 Å². The quantitative estimate of drug-likeness (QED) is 0.530. The first kappa shape index (κ1) is 19.5. The number of ether oxygens (including phenoxy) is 1. The van der Waals surface area contributed by atoms with Gasteiger partial charge in [-0.3, -0.25) is 4.99 Å². The fourth-order valence-corrected chi connectivity index (χ4v) is 3.75. The molecular weight excluding hydrogens is 363 g/mol. The molecule has 0 amide bonds. The van der Waals surface area contributed by atoms with Gasteiger partial charge < -0.3 is 10.1 Å². The number of allylic oxidation sites excluding steroid dienone is 2. The van der Waals surface area contributed by atoms with E-state index < -0.39 is 0 Å². The molecule has 2 rings (SSSR count). The summed E-state index contributed by atoms with van der Waals surface area (Å²) in [6.07, 6.45) is 3.19. The lowest BCUT2D eigenvalue weighted by atomic mass is 10.1. The Morgan fingerprint density at radius 1 is 1.46 bits per heavy atom. The monoisotopic (exact) mass is 384 g/mol. The number of halogens is 2. The van der Waals surface area contributed by atoms with E-state index in [0.29, 0.717) is 10.0 Å². The Hall–Kier alpha value is -0.780. The maximum atomic E-state index is 6.24. The van der Waals surface area contributed by atoms with Gasteiger partial charge in [-0.2, -0.15) is 0 Å². The van der Waals surface area contributed by atoms with Crippen molar-refractivity contribution in [1.29, 1.82) is 0 Å². The summed E-state index contributed by atoms with van der Waals surface area (Å²) in [4.78, 5) is 6.48. The SMILES string of the molecule is C=C(Sc1cccc(Cl)c1Cl)C(C)=N/C(=C\C)C1CC(OC)CN1. The number of methoxy groups -OCH3 is 1. The molecule has 0 aliphatic carbocycles. The number of aliphatic imine (C=N–C) groups is 1. The van der Waals surface area contributed by atoms with Gasteiger partial charge in [-0.25, -0.2) is 0 Å². The minimum Gasteiger partial charge on any atom is -0.380 e. The molecule has 1 fully saturated rings. The Morgan fingerprint density at radius 3 is 2.83 bits per heavy atom. The molecule has 1 aliphatic heterocycles. The van der Waals surface area contributed by atoms with E-state index in [1.54, 1.807) is 13.2 Å². The highest BCUT2D eigenvalue weighted by molar-refractivity contribution is 8.04. The number of hydrogen-bond donors (Lipinski definition) is 1.